The Labute approximate surface area is 124 Å². The van der Waals surface area contributed by atoms with Gasteiger partial charge in [-0.1, -0.05) is 30.3 Å². The van der Waals surface area contributed by atoms with E-state index in [2.05, 4.69) is 5.32 Å². The lowest BCUT2D eigenvalue weighted by atomic mass is 10.0. The number of hydrogen-bond donors (Lipinski definition) is 1. The van der Waals surface area contributed by atoms with Gasteiger partial charge in [0.2, 0.25) is 0 Å². The van der Waals surface area contributed by atoms with Crippen molar-refractivity contribution < 1.29 is 13.2 Å². The van der Waals surface area contributed by atoms with Crippen LogP contribution < -0.4 is 5.32 Å². The first-order valence-corrected chi connectivity index (χ1v) is 8.40. The SMILES string of the molecule is CNc1ccc(S(C)(=O)=O)cc1C(=O)Cc1ccccc1. The van der Waals surface area contributed by atoms with E-state index in [0.717, 1.165) is 11.8 Å². The molecule has 0 radical (unpaired) electrons. The van der Waals surface area contributed by atoms with Crippen LogP contribution in [0.1, 0.15) is 15.9 Å². The Balaban J connectivity index is 2.39. The number of anilines is 1. The van der Waals surface area contributed by atoms with Crippen LogP contribution in [0.25, 0.3) is 0 Å². The van der Waals surface area contributed by atoms with Gasteiger partial charge in [0.1, 0.15) is 0 Å². The maximum absolute atomic E-state index is 12.4. The van der Waals surface area contributed by atoms with Gasteiger partial charge in [-0.3, -0.25) is 4.79 Å². The van der Waals surface area contributed by atoms with Crippen LogP contribution in [0.5, 0.6) is 0 Å². The lowest BCUT2D eigenvalue weighted by Gasteiger charge is -2.10. The fraction of sp³-hybridized carbons (Fsp3) is 0.188. The first-order valence-electron chi connectivity index (χ1n) is 6.51. The van der Waals surface area contributed by atoms with Crippen LogP contribution in [0, 0.1) is 0 Å². The third-order valence-electron chi connectivity index (χ3n) is 3.20. The molecular formula is C16H17NO3S. The predicted octanol–water partition coefficient (Wildman–Crippen LogP) is 2.56. The van der Waals surface area contributed by atoms with E-state index in [1.165, 1.54) is 12.1 Å². The average molecular weight is 303 g/mol. The zero-order valence-corrected chi connectivity index (χ0v) is 12.8. The topological polar surface area (TPSA) is 63.2 Å². The Morgan fingerprint density at radius 1 is 1.10 bits per heavy atom. The van der Waals surface area contributed by atoms with Crippen LogP contribution in [0.4, 0.5) is 5.69 Å². The lowest BCUT2D eigenvalue weighted by Crippen LogP contribution is -2.09. The fourth-order valence-corrected chi connectivity index (χ4v) is 2.73. The molecule has 5 heteroatoms. The molecule has 1 N–H and O–H groups in total. The molecule has 2 rings (SSSR count). The molecule has 0 saturated heterocycles. The highest BCUT2D eigenvalue weighted by atomic mass is 32.2. The third-order valence-corrected chi connectivity index (χ3v) is 4.31. The molecule has 2 aromatic rings. The summed E-state index contributed by atoms with van der Waals surface area (Å²) in [7, 11) is -1.63. The van der Waals surface area contributed by atoms with Crippen molar-refractivity contribution in [3.05, 3.63) is 59.7 Å². The van der Waals surface area contributed by atoms with Gasteiger partial charge in [0.05, 0.1) is 4.90 Å². The second kappa shape index (κ2) is 6.10. The number of carbonyl (C=O) groups is 1. The van der Waals surface area contributed by atoms with E-state index in [1.54, 1.807) is 13.1 Å². The molecule has 0 aliphatic rings. The number of Topliss-reactive ketones (excluding diaryl/α,β-unsaturated/α-hetero) is 1. The number of benzene rings is 2. The minimum absolute atomic E-state index is 0.115. The van der Waals surface area contributed by atoms with Gasteiger partial charge in [-0.25, -0.2) is 8.42 Å². The van der Waals surface area contributed by atoms with Crippen molar-refractivity contribution in [2.24, 2.45) is 0 Å². The lowest BCUT2D eigenvalue weighted by molar-refractivity contribution is 0.0993. The van der Waals surface area contributed by atoms with Crippen LogP contribution in [-0.4, -0.2) is 27.5 Å². The highest BCUT2D eigenvalue weighted by Gasteiger charge is 2.16. The van der Waals surface area contributed by atoms with Gasteiger partial charge in [0.25, 0.3) is 0 Å². The summed E-state index contributed by atoms with van der Waals surface area (Å²) in [5, 5.41) is 2.93. The van der Waals surface area contributed by atoms with Crippen molar-refractivity contribution in [3.8, 4) is 0 Å². The summed E-state index contributed by atoms with van der Waals surface area (Å²) in [5.74, 6) is -0.115. The van der Waals surface area contributed by atoms with Crippen molar-refractivity contribution >= 4 is 21.3 Å². The van der Waals surface area contributed by atoms with Crippen LogP contribution in [-0.2, 0) is 16.3 Å². The summed E-state index contributed by atoms with van der Waals surface area (Å²) in [6.45, 7) is 0. The summed E-state index contributed by atoms with van der Waals surface area (Å²) >= 11 is 0. The van der Waals surface area contributed by atoms with Gasteiger partial charge in [0, 0.05) is 31.0 Å². The largest absolute Gasteiger partial charge is 0.388 e. The Bertz CT molecular complexity index is 752. The maximum atomic E-state index is 12.4. The van der Waals surface area contributed by atoms with Gasteiger partial charge < -0.3 is 5.32 Å². The van der Waals surface area contributed by atoms with Crippen molar-refractivity contribution in [1.29, 1.82) is 0 Å². The molecule has 21 heavy (non-hydrogen) atoms. The van der Waals surface area contributed by atoms with E-state index in [-0.39, 0.29) is 17.1 Å². The quantitative estimate of drug-likeness (QED) is 0.862. The van der Waals surface area contributed by atoms with E-state index < -0.39 is 9.84 Å². The van der Waals surface area contributed by atoms with Gasteiger partial charge in [-0.2, -0.15) is 0 Å². The summed E-state index contributed by atoms with van der Waals surface area (Å²) < 4.78 is 23.3. The minimum atomic E-state index is -3.34. The molecule has 0 aromatic heterocycles. The van der Waals surface area contributed by atoms with Crippen LogP contribution in [0.3, 0.4) is 0 Å². The second-order valence-electron chi connectivity index (χ2n) is 4.82. The molecule has 0 saturated carbocycles. The summed E-state index contributed by atoms with van der Waals surface area (Å²) in [5.41, 5.74) is 1.92. The number of sulfone groups is 1. The first kappa shape index (κ1) is 15.3. The van der Waals surface area contributed by atoms with Gasteiger partial charge in [-0.05, 0) is 23.8 Å². The Kier molecular flexibility index (Phi) is 4.43. The van der Waals surface area contributed by atoms with Crippen LogP contribution in [0.2, 0.25) is 0 Å². The van der Waals surface area contributed by atoms with Crippen molar-refractivity contribution in [2.45, 2.75) is 11.3 Å². The smallest absolute Gasteiger partial charge is 0.175 e. The molecule has 0 amide bonds. The summed E-state index contributed by atoms with van der Waals surface area (Å²) in [6.07, 6.45) is 1.37. The zero-order valence-electron chi connectivity index (χ0n) is 12.0. The Morgan fingerprint density at radius 2 is 1.76 bits per heavy atom. The van der Waals surface area contributed by atoms with Crippen LogP contribution in [0.15, 0.2) is 53.4 Å². The van der Waals surface area contributed by atoms with Crippen molar-refractivity contribution in [3.63, 3.8) is 0 Å². The van der Waals surface area contributed by atoms with Crippen molar-refractivity contribution in [1.82, 2.24) is 0 Å². The van der Waals surface area contributed by atoms with E-state index in [1.807, 2.05) is 30.3 Å². The molecule has 0 bridgehead atoms. The standard InChI is InChI=1S/C16H17NO3S/c1-17-15-9-8-13(21(2,19)20)11-14(15)16(18)10-12-6-4-3-5-7-12/h3-9,11,17H,10H2,1-2H3. The number of carbonyl (C=O) groups excluding carboxylic acids is 1. The Morgan fingerprint density at radius 3 is 2.33 bits per heavy atom. The molecule has 0 fully saturated rings. The number of nitrogens with one attached hydrogen (secondary N) is 1. The zero-order chi connectivity index (χ0) is 15.5. The molecule has 0 aliphatic heterocycles. The molecular weight excluding hydrogens is 286 g/mol. The fourth-order valence-electron chi connectivity index (χ4n) is 2.08. The van der Waals surface area contributed by atoms with Gasteiger partial charge in [-0.15, -0.1) is 0 Å². The molecule has 0 atom stereocenters. The van der Waals surface area contributed by atoms with Gasteiger partial charge >= 0.3 is 0 Å². The van der Waals surface area contributed by atoms with E-state index in [0.29, 0.717) is 11.3 Å². The number of rotatable bonds is 5. The van der Waals surface area contributed by atoms with E-state index in [4.69, 9.17) is 0 Å². The number of hydrogen-bond acceptors (Lipinski definition) is 4. The monoisotopic (exact) mass is 303 g/mol. The summed E-state index contributed by atoms with van der Waals surface area (Å²) in [6, 6.07) is 13.9. The number of ketones is 1. The molecule has 0 spiro atoms. The summed E-state index contributed by atoms with van der Waals surface area (Å²) in [4.78, 5) is 12.6. The normalized spacial score (nSPS) is 11.1. The van der Waals surface area contributed by atoms with Crippen molar-refractivity contribution in [2.75, 3.05) is 18.6 Å². The first-order chi connectivity index (χ1) is 9.91. The molecule has 0 aliphatic carbocycles. The highest BCUT2D eigenvalue weighted by Crippen LogP contribution is 2.22. The Hall–Kier alpha value is -2.14. The molecule has 0 heterocycles. The third kappa shape index (κ3) is 3.70. The average Bonchev–Trinajstić information content (AvgIpc) is 2.46. The molecule has 110 valence electrons. The maximum Gasteiger partial charge on any atom is 0.175 e. The van der Waals surface area contributed by atoms with Crippen LogP contribution >= 0.6 is 0 Å². The second-order valence-corrected chi connectivity index (χ2v) is 6.83. The van der Waals surface area contributed by atoms with E-state index >= 15 is 0 Å². The molecule has 2 aromatic carbocycles. The molecule has 4 nitrogen and oxygen atoms in total. The minimum Gasteiger partial charge on any atom is -0.388 e. The van der Waals surface area contributed by atoms with E-state index in [9.17, 15) is 13.2 Å². The highest BCUT2D eigenvalue weighted by molar-refractivity contribution is 7.90. The van der Waals surface area contributed by atoms with Gasteiger partial charge in [0.15, 0.2) is 15.6 Å². The predicted molar refractivity (Wildman–Crippen MR) is 83.6 cm³/mol. The molecule has 0 unspecified atom stereocenters.